The molecular formula is C10H12N4OS. The average molecular weight is 236 g/mol. The maximum atomic E-state index is 5.33. The van der Waals surface area contributed by atoms with Gasteiger partial charge in [-0.05, 0) is 24.6 Å². The minimum absolute atomic E-state index is 0.571. The maximum Gasteiger partial charge on any atom is 0.270 e. The SMILES string of the molecule is CCOc1nsnc1NCc1ccncc1. The third-order valence-corrected chi connectivity index (χ3v) is 2.46. The summed E-state index contributed by atoms with van der Waals surface area (Å²) >= 11 is 1.14. The second kappa shape index (κ2) is 5.41. The fraction of sp³-hybridized carbons (Fsp3) is 0.300. The average Bonchev–Trinajstić information content (AvgIpc) is 2.76. The van der Waals surface area contributed by atoms with Crippen LogP contribution in [0.15, 0.2) is 24.5 Å². The van der Waals surface area contributed by atoms with Gasteiger partial charge in [0.15, 0.2) is 0 Å². The minimum Gasteiger partial charge on any atom is -0.475 e. The normalized spacial score (nSPS) is 10.1. The Labute approximate surface area is 97.8 Å². The van der Waals surface area contributed by atoms with E-state index in [0.717, 1.165) is 17.3 Å². The van der Waals surface area contributed by atoms with Gasteiger partial charge in [0, 0.05) is 18.9 Å². The van der Waals surface area contributed by atoms with Crippen molar-refractivity contribution in [2.24, 2.45) is 0 Å². The zero-order valence-corrected chi connectivity index (χ0v) is 9.70. The zero-order valence-electron chi connectivity index (χ0n) is 8.88. The molecule has 0 aromatic carbocycles. The van der Waals surface area contributed by atoms with E-state index in [2.05, 4.69) is 19.0 Å². The van der Waals surface area contributed by atoms with E-state index in [-0.39, 0.29) is 0 Å². The van der Waals surface area contributed by atoms with Crippen LogP contribution in [0, 0.1) is 0 Å². The van der Waals surface area contributed by atoms with E-state index in [1.165, 1.54) is 0 Å². The molecule has 5 nitrogen and oxygen atoms in total. The Balaban J connectivity index is 1.97. The molecule has 2 aromatic rings. The van der Waals surface area contributed by atoms with Crippen molar-refractivity contribution in [3.8, 4) is 5.88 Å². The van der Waals surface area contributed by atoms with Gasteiger partial charge in [-0.3, -0.25) is 4.98 Å². The molecule has 0 aliphatic heterocycles. The van der Waals surface area contributed by atoms with E-state index in [0.29, 0.717) is 24.8 Å². The molecule has 84 valence electrons. The van der Waals surface area contributed by atoms with E-state index >= 15 is 0 Å². The Bertz CT molecular complexity index is 431. The van der Waals surface area contributed by atoms with Crippen LogP contribution >= 0.6 is 11.7 Å². The highest BCUT2D eigenvalue weighted by Gasteiger charge is 2.07. The topological polar surface area (TPSA) is 59.9 Å². The van der Waals surface area contributed by atoms with Gasteiger partial charge in [0.2, 0.25) is 5.82 Å². The molecule has 1 N–H and O–H groups in total. The quantitative estimate of drug-likeness (QED) is 0.859. The molecule has 2 rings (SSSR count). The molecule has 0 spiro atoms. The number of ether oxygens (including phenoxy) is 1. The van der Waals surface area contributed by atoms with Crippen LogP contribution in [0.2, 0.25) is 0 Å². The van der Waals surface area contributed by atoms with E-state index in [4.69, 9.17) is 4.74 Å². The van der Waals surface area contributed by atoms with Gasteiger partial charge in [0.1, 0.15) is 0 Å². The number of hydrogen-bond donors (Lipinski definition) is 1. The Morgan fingerprint density at radius 3 is 2.88 bits per heavy atom. The lowest BCUT2D eigenvalue weighted by Crippen LogP contribution is -2.02. The van der Waals surface area contributed by atoms with E-state index in [9.17, 15) is 0 Å². The van der Waals surface area contributed by atoms with Crippen molar-refractivity contribution in [1.82, 2.24) is 13.7 Å². The molecule has 0 aliphatic rings. The van der Waals surface area contributed by atoms with E-state index < -0.39 is 0 Å². The van der Waals surface area contributed by atoms with Gasteiger partial charge in [-0.25, -0.2) is 0 Å². The molecule has 16 heavy (non-hydrogen) atoms. The summed E-state index contributed by atoms with van der Waals surface area (Å²) in [6.45, 7) is 3.20. The Hall–Kier alpha value is -1.69. The summed E-state index contributed by atoms with van der Waals surface area (Å²) in [6.07, 6.45) is 3.53. The lowest BCUT2D eigenvalue weighted by molar-refractivity contribution is 0.331. The first-order valence-electron chi connectivity index (χ1n) is 4.98. The summed E-state index contributed by atoms with van der Waals surface area (Å²) < 4.78 is 13.5. The summed E-state index contributed by atoms with van der Waals surface area (Å²) in [5.41, 5.74) is 1.14. The Morgan fingerprint density at radius 1 is 1.31 bits per heavy atom. The van der Waals surface area contributed by atoms with E-state index in [1.54, 1.807) is 12.4 Å². The molecule has 6 heteroatoms. The lowest BCUT2D eigenvalue weighted by Gasteiger charge is -2.04. The highest BCUT2D eigenvalue weighted by molar-refractivity contribution is 6.99. The second-order valence-electron chi connectivity index (χ2n) is 3.06. The molecule has 2 aromatic heterocycles. The molecule has 0 radical (unpaired) electrons. The van der Waals surface area contributed by atoms with Gasteiger partial charge in [0.25, 0.3) is 5.88 Å². The number of nitrogens with zero attached hydrogens (tertiary/aromatic N) is 3. The Kier molecular flexibility index (Phi) is 3.66. The van der Waals surface area contributed by atoms with Gasteiger partial charge in [-0.1, -0.05) is 0 Å². The number of pyridine rings is 1. The fourth-order valence-electron chi connectivity index (χ4n) is 1.21. The zero-order chi connectivity index (χ0) is 11.2. The van der Waals surface area contributed by atoms with E-state index in [1.807, 2.05) is 19.1 Å². The van der Waals surface area contributed by atoms with Crippen LogP contribution in [-0.4, -0.2) is 20.3 Å². The predicted molar refractivity (Wildman–Crippen MR) is 62.6 cm³/mol. The van der Waals surface area contributed by atoms with Crippen molar-refractivity contribution in [1.29, 1.82) is 0 Å². The molecule has 0 unspecified atom stereocenters. The molecular weight excluding hydrogens is 224 g/mol. The van der Waals surface area contributed by atoms with Gasteiger partial charge in [0.05, 0.1) is 18.3 Å². The van der Waals surface area contributed by atoms with Crippen molar-refractivity contribution < 1.29 is 4.74 Å². The van der Waals surface area contributed by atoms with Crippen LogP contribution in [0.1, 0.15) is 12.5 Å². The minimum atomic E-state index is 0.571. The molecule has 2 heterocycles. The predicted octanol–water partition coefficient (Wildman–Crippen LogP) is 1.94. The standard InChI is InChI=1S/C10H12N4OS/c1-2-15-10-9(13-16-14-10)12-7-8-3-5-11-6-4-8/h3-6H,2,7H2,1H3,(H,12,13). The molecule has 0 amide bonds. The van der Waals surface area contributed by atoms with Gasteiger partial charge >= 0.3 is 0 Å². The largest absolute Gasteiger partial charge is 0.475 e. The smallest absolute Gasteiger partial charge is 0.270 e. The van der Waals surface area contributed by atoms with Gasteiger partial charge in [-0.15, -0.1) is 4.37 Å². The molecule has 0 bridgehead atoms. The van der Waals surface area contributed by atoms with Crippen molar-refractivity contribution in [3.05, 3.63) is 30.1 Å². The summed E-state index contributed by atoms with van der Waals surface area (Å²) in [4.78, 5) is 3.96. The molecule has 0 saturated heterocycles. The number of anilines is 1. The van der Waals surface area contributed by atoms with Crippen molar-refractivity contribution in [2.45, 2.75) is 13.5 Å². The van der Waals surface area contributed by atoms with Crippen LogP contribution in [0.3, 0.4) is 0 Å². The summed E-state index contributed by atoms with van der Waals surface area (Å²) in [5, 5.41) is 3.18. The molecule has 0 aliphatic carbocycles. The van der Waals surface area contributed by atoms with Crippen molar-refractivity contribution in [3.63, 3.8) is 0 Å². The number of rotatable bonds is 5. The maximum absolute atomic E-state index is 5.33. The second-order valence-corrected chi connectivity index (χ2v) is 3.59. The Morgan fingerprint density at radius 2 is 2.12 bits per heavy atom. The first kappa shape index (κ1) is 10.8. The van der Waals surface area contributed by atoms with Crippen LogP contribution in [0.25, 0.3) is 0 Å². The number of aromatic nitrogens is 3. The first-order valence-corrected chi connectivity index (χ1v) is 5.71. The number of nitrogens with one attached hydrogen (secondary N) is 1. The van der Waals surface area contributed by atoms with Crippen LogP contribution in [0.5, 0.6) is 5.88 Å². The summed E-state index contributed by atoms with van der Waals surface area (Å²) in [6, 6.07) is 3.90. The molecule has 0 atom stereocenters. The molecule has 0 fully saturated rings. The summed E-state index contributed by atoms with van der Waals surface area (Å²) in [7, 11) is 0. The fourth-order valence-corrected chi connectivity index (χ4v) is 1.68. The van der Waals surface area contributed by atoms with Crippen LogP contribution in [-0.2, 0) is 6.54 Å². The third kappa shape index (κ3) is 2.66. The number of hydrogen-bond acceptors (Lipinski definition) is 6. The lowest BCUT2D eigenvalue weighted by atomic mass is 10.3. The highest BCUT2D eigenvalue weighted by Crippen LogP contribution is 2.21. The van der Waals surface area contributed by atoms with Crippen molar-refractivity contribution >= 4 is 17.5 Å². The highest BCUT2D eigenvalue weighted by atomic mass is 32.1. The third-order valence-electron chi connectivity index (χ3n) is 1.95. The summed E-state index contributed by atoms with van der Waals surface area (Å²) in [5.74, 6) is 1.27. The van der Waals surface area contributed by atoms with Gasteiger partial charge < -0.3 is 10.1 Å². The van der Waals surface area contributed by atoms with Crippen molar-refractivity contribution in [2.75, 3.05) is 11.9 Å². The first-order chi connectivity index (χ1) is 7.90. The monoisotopic (exact) mass is 236 g/mol. The van der Waals surface area contributed by atoms with Crippen LogP contribution < -0.4 is 10.1 Å². The van der Waals surface area contributed by atoms with Crippen LogP contribution in [0.4, 0.5) is 5.82 Å². The molecule has 0 saturated carbocycles. The van der Waals surface area contributed by atoms with Gasteiger partial charge in [-0.2, -0.15) is 4.37 Å².